The molecule has 0 radical (unpaired) electrons. The Morgan fingerprint density at radius 1 is 1.06 bits per heavy atom. The molecule has 2 bridgehead atoms. The average molecular weight is 697 g/mol. The van der Waals surface area contributed by atoms with Gasteiger partial charge >= 0.3 is 0 Å². The van der Waals surface area contributed by atoms with E-state index in [4.69, 9.17) is 25.2 Å². The number of fused-ring (bicyclic) bond motifs is 2. The Balaban J connectivity index is 1.26. The van der Waals surface area contributed by atoms with E-state index in [1.165, 1.54) is 6.20 Å². The highest BCUT2D eigenvalue weighted by molar-refractivity contribution is 6.00. The van der Waals surface area contributed by atoms with Crippen LogP contribution in [-0.2, 0) is 28.8 Å². The fourth-order valence-corrected chi connectivity index (χ4v) is 7.57. The van der Waals surface area contributed by atoms with Gasteiger partial charge in [0, 0.05) is 57.0 Å². The number of hydrogen-bond donors (Lipinski definition) is 2. The number of nitrogens with two attached hydrogens (primary N) is 1. The van der Waals surface area contributed by atoms with Crippen LogP contribution in [0.1, 0.15) is 73.2 Å². The SMILES string of the molecule is COc1cc(C(=O)N2CC[C@@H](OC)[C@@H](N)C2)cc2nc(-c3cc4ccc5nc4n3CCCCCC[C@](F)(c3ccccn3)C(=O)N[C@@H]5C)n(C)c12. The van der Waals surface area contributed by atoms with Gasteiger partial charge in [-0.05, 0) is 75.1 Å². The Hall–Kier alpha value is -4.88. The monoisotopic (exact) mass is 696 g/mol. The van der Waals surface area contributed by atoms with Crippen molar-refractivity contribution in [1.29, 1.82) is 0 Å². The molecule has 2 amide bonds. The molecule has 4 atom stereocenters. The van der Waals surface area contributed by atoms with E-state index in [-0.39, 0.29) is 30.2 Å². The molecule has 268 valence electrons. The van der Waals surface area contributed by atoms with Crippen molar-refractivity contribution < 1.29 is 23.5 Å². The highest BCUT2D eigenvalue weighted by Gasteiger charge is 2.42. The lowest BCUT2D eigenvalue weighted by molar-refractivity contribution is -0.135. The fourth-order valence-electron chi connectivity index (χ4n) is 7.57. The van der Waals surface area contributed by atoms with Gasteiger partial charge in [-0.1, -0.05) is 18.9 Å². The summed E-state index contributed by atoms with van der Waals surface area (Å²) in [7, 11) is 5.18. The Morgan fingerprint density at radius 3 is 2.63 bits per heavy atom. The number of aryl methyl sites for hydroxylation is 2. The molecule has 0 aliphatic carbocycles. The third-order valence-electron chi connectivity index (χ3n) is 10.5. The van der Waals surface area contributed by atoms with Crippen LogP contribution < -0.4 is 15.8 Å². The predicted octanol–water partition coefficient (Wildman–Crippen LogP) is 5.19. The molecule has 5 aromatic rings. The number of nitrogens with one attached hydrogen (secondary N) is 1. The van der Waals surface area contributed by atoms with Crippen molar-refractivity contribution in [3.63, 3.8) is 0 Å². The summed E-state index contributed by atoms with van der Waals surface area (Å²) in [5.41, 5.74) is 8.32. The summed E-state index contributed by atoms with van der Waals surface area (Å²) in [5, 5.41) is 3.80. The quantitative estimate of drug-likeness (QED) is 0.256. The number of carbonyl (C=O) groups excluding carboxylic acids is 2. The van der Waals surface area contributed by atoms with Gasteiger partial charge in [-0.25, -0.2) is 14.4 Å². The number of alkyl halides is 1. The third kappa shape index (κ3) is 6.33. The number of methoxy groups -OCH3 is 2. The Morgan fingerprint density at radius 2 is 1.88 bits per heavy atom. The second-order valence-corrected chi connectivity index (χ2v) is 13.7. The molecule has 4 aromatic heterocycles. The van der Waals surface area contributed by atoms with E-state index in [2.05, 4.69) is 20.9 Å². The first-order chi connectivity index (χ1) is 24.6. The fraction of sp³-hybridized carbons (Fsp3) is 0.447. The minimum absolute atomic E-state index is 0.0411. The molecule has 0 unspecified atom stereocenters. The van der Waals surface area contributed by atoms with Gasteiger partial charge in [0.15, 0.2) is 5.82 Å². The number of imidazole rings is 1. The number of ether oxygens (including phenoxy) is 2. The van der Waals surface area contributed by atoms with Gasteiger partial charge in [-0.15, -0.1) is 0 Å². The highest BCUT2D eigenvalue weighted by Crippen LogP contribution is 2.36. The molecule has 7 rings (SSSR count). The first-order valence-electron chi connectivity index (χ1n) is 17.7. The summed E-state index contributed by atoms with van der Waals surface area (Å²) in [6.07, 6.45) is 5.10. The summed E-state index contributed by atoms with van der Waals surface area (Å²) in [6.45, 7) is 3.43. The zero-order chi connectivity index (χ0) is 35.9. The van der Waals surface area contributed by atoms with E-state index in [0.717, 1.165) is 41.5 Å². The molecule has 0 spiro atoms. The van der Waals surface area contributed by atoms with Gasteiger partial charge in [0.25, 0.3) is 11.8 Å². The molecule has 2 aliphatic heterocycles. The molecule has 12 nitrogen and oxygen atoms in total. The zero-order valence-corrected chi connectivity index (χ0v) is 29.6. The van der Waals surface area contributed by atoms with Crippen LogP contribution >= 0.6 is 0 Å². The number of halogens is 1. The van der Waals surface area contributed by atoms with Crippen molar-refractivity contribution in [2.45, 2.75) is 75.8 Å². The van der Waals surface area contributed by atoms with Crippen molar-refractivity contribution in [1.82, 2.24) is 34.3 Å². The van der Waals surface area contributed by atoms with Crippen LogP contribution in [0.15, 0.2) is 54.7 Å². The van der Waals surface area contributed by atoms with Gasteiger partial charge in [-0.2, -0.15) is 0 Å². The van der Waals surface area contributed by atoms with E-state index in [1.807, 2.05) is 36.7 Å². The minimum atomic E-state index is -2.24. The predicted molar refractivity (Wildman–Crippen MR) is 192 cm³/mol. The Kier molecular flexibility index (Phi) is 9.51. The van der Waals surface area contributed by atoms with E-state index < -0.39 is 17.6 Å². The highest BCUT2D eigenvalue weighted by atomic mass is 19.1. The number of amides is 2. The number of nitrogens with zero attached hydrogens (tertiary/aromatic N) is 6. The number of likely N-dealkylation sites (tertiary alicyclic amines) is 1. The second-order valence-electron chi connectivity index (χ2n) is 13.7. The third-order valence-corrected chi connectivity index (χ3v) is 10.5. The maximum absolute atomic E-state index is 16.5. The Bertz CT molecular complexity index is 2080. The molecule has 1 aromatic carbocycles. The smallest absolute Gasteiger partial charge is 0.264 e. The number of hydrogen-bond acceptors (Lipinski definition) is 8. The maximum Gasteiger partial charge on any atom is 0.264 e. The van der Waals surface area contributed by atoms with Crippen molar-refractivity contribution >= 4 is 33.9 Å². The lowest BCUT2D eigenvalue weighted by Crippen LogP contribution is -2.53. The van der Waals surface area contributed by atoms with Gasteiger partial charge in [0.1, 0.15) is 16.9 Å². The first-order valence-corrected chi connectivity index (χ1v) is 17.7. The van der Waals surface area contributed by atoms with Gasteiger partial charge < -0.3 is 34.6 Å². The lowest BCUT2D eigenvalue weighted by atomic mass is 9.92. The molecular weight excluding hydrogens is 651 g/mol. The largest absolute Gasteiger partial charge is 0.494 e. The molecule has 2 aliphatic rings. The number of piperidine rings is 1. The van der Waals surface area contributed by atoms with E-state index in [0.29, 0.717) is 60.8 Å². The molecular formula is C38H45FN8O4. The number of pyridine rings is 2. The van der Waals surface area contributed by atoms with Gasteiger partial charge in [0.2, 0.25) is 5.67 Å². The summed E-state index contributed by atoms with van der Waals surface area (Å²) < 4.78 is 32.0. The average Bonchev–Trinajstić information content (AvgIpc) is 3.68. The van der Waals surface area contributed by atoms with Crippen LogP contribution in [0.4, 0.5) is 4.39 Å². The molecule has 0 saturated carbocycles. The number of benzene rings is 1. The molecule has 13 heteroatoms. The van der Waals surface area contributed by atoms with Crippen LogP contribution in [0.5, 0.6) is 5.75 Å². The summed E-state index contributed by atoms with van der Waals surface area (Å²) in [5.74, 6) is 0.413. The standard InChI is InChI=1S/C38H45FN8O4/c1-23-27-13-12-24-20-29(47(34(24)43-27)17-10-6-5-8-15-38(39,37(49)42-23)32-11-7-9-16-41-32)35-44-28-19-25(21-31(51-4)33(28)45(35)2)36(48)46-18-14-30(50-3)26(40)22-46/h7,9,11-13,16,19-21,23,26,30H,5-6,8,10,14-15,17-18,22,40H2,1-4H3,(H,42,49)/t23-,26+,30-,38+/m1/s1. The topological polar surface area (TPSA) is 142 Å². The normalized spacial score (nSPS) is 23.4. The van der Waals surface area contributed by atoms with E-state index in [9.17, 15) is 9.59 Å². The Labute approximate surface area is 296 Å². The van der Waals surface area contributed by atoms with Crippen molar-refractivity contribution in [2.75, 3.05) is 27.3 Å². The minimum Gasteiger partial charge on any atom is -0.494 e. The van der Waals surface area contributed by atoms with Crippen LogP contribution in [0.25, 0.3) is 33.6 Å². The first kappa shape index (κ1) is 34.6. The molecule has 3 N–H and O–H groups in total. The van der Waals surface area contributed by atoms with Crippen LogP contribution in [-0.4, -0.2) is 80.3 Å². The van der Waals surface area contributed by atoms with Gasteiger partial charge in [-0.3, -0.25) is 14.6 Å². The van der Waals surface area contributed by atoms with Crippen molar-refractivity contribution in [3.8, 4) is 17.3 Å². The van der Waals surface area contributed by atoms with Crippen LogP contribution in [0.3, 0.4) is 0 Å². The summed E-state index contributed by atoms with van der Waals surface area (Å²) >= 11 is 0. The molecule has 51 heavy (non-hydrogen) atoms. The molecule has 1 saturated heterocycles. The molecule has 6 heterocycles. The lowest BCUT2D eigenvalue weighted by Gasteiger charge is -2.36. The van der Waals surface area contributed by atoms with Crippen molar-refractivity contribution in [3.05, 3.63) is 71.7 Å². The second kappa shape index (κ2) is 14.0. The van der Waals surface area contributed by atoms with E-state index >= 15 is 4.39 Å². The summed E-state index contributed by atoms with van der Waals surface area (Å²) in [6, 6.07) is 13.7. The van der Waals surface area contributed by atoms with Gasteiger partial charge in [0.05, 0.1) is 41.9 Å². The van der Waals surface area contributed by atoms with Crippen molar-refractivity contribution in [2.24, 2.45) is 12.8 Å². The number of aromatic nitrogens is 5. The van der Waals surface area contributed by atoms with Crippen LogP contribution in [0, 0.1) is 0 Å². The number of rotatable bonds is 5. The zero-order valence-electron chi connectivity index (χ0n) is 29.6. The summed E-state index contributed by atoms with van der Waals surface area (Å²) in [4.78, 5) is 43.3. The van der Waals surface area contributed by atoms with E-state index in [1.54, 1.807) is 43.4 Å². The molecule has 1 fully saturated rings. The maximum atomic E-state index is 16.5. The van der Waals surface area contributed by atoms with Crippen LogP contribution in [0.2, 0.25) is 0 Å². The number of carbonyl (C=O) groups is 2.